The summed E-state index contributed by atoms with van der Waals surface area (Å²) in [5.41, 5.74) is 1.51. The Bertz CT molecular complexity index is 435. The fourth-order valence-electron chi connectivity index (χ4n) is 1.81. The molecule has 0 aromatic heterocycles. The minimum absolute atomic E-state index is 0.00966. The number of carboxylic acids is 1. The zero-order valence-corrected chi connectivity index (χ0v) is 11.7. The Kier molecular flexibility index (Phi) is 5.92. The smallest absolute Gasteiger partial charge is 0.317 e. The van der Waals surface area contributed by atoms with Crippen LogP contribution < -0.4 is 0 Å². The van der Waals surface area contributed by atoms with Crippen LogP contribution in [0.5, 0.6) is 0 Å². The lowest BCUT2D eigenvalue weighted by Crippen LogP contribution is -2.35. The number of hydrogen-bond acceptors (Lipinski definition) is 3. The van der Waals surface area contributed by atoms with Crippen LogP contribution in [0.1, 0.15) is 11.1 Å². The molecule has 0 heterocycles. The third-order valence-corrected chi connectivity index (χ3v) is 2.85. The van der Waals surface area contributed by atoms with Gasteiger partial charge in [0.15, 0.2) is 0 Å². The number of nitrogens with zero attached hydrogens (tertiary/aromatic N) is 2. The largest absolute Gasteiger partial charge is 0.480 e. The van der Waals surface area contributed by atoms with E-state index in [0.29, 0.717) is 18.7 Å². The van der Waals surface area contributed by atoms with E-state index in [2.05, 4.69) is 0 Å². The fourth-order valence-corrected chi connectivity index (χ4v) is 1.81. The van der Waals surface area contributed by atoms with Crippen molar-refractivity contribution in [3.63, 3.8) is 0 Å². The van der Waals surface area contributed by atoms with Crippen LogP contribution in [0, 0.1) is 12.7 Å². The molecule has 5 heteroatoms. The van der Waals surface area contributed by atoms with Crippen molar-refractivity contribution in [2.75, 3.05) is 33.7 Å². The molecule has 0 aliphatic carbocycles. The highest BCUT2D eigenvalue weighted by Crippen LogP contribution is 2.11. The number of likely N-dealkylation sites (N-methyl/N-ethyl adjacent to an activating group) is 1. The Hall–Kier alpha value is -1.46. The molecule has 0 aliphatic heterocycles. The summed E-state index contributed by atoms with van der Waals surface area (Å²) in [6.45, 7) is 3.66. The van der Waals surface area contributed by atoms with Gasteiger partial charge in [-0.1, -0.05) is 12.1 Å². The summed E-state index contributed by atoms with van der Waals surface area (Å²) in [5, 5.41) is 8.91. The number of halogens is 1. The summed E-state index contributed by atoms with van der Waals surface area (Å²) in [5.74, 6) is -1.08. The van der Waals surface area contributed by atoms with Gasteiger partial charge in [0, 0.05) is 19.6 Å². The highest BCUT2D eigenvalue weighted by molar-refractivity contribution is 5.69. The van der Waals surface area contributed by atoms with Crippen molar-refractivity contribution in [2.45, 2.75) is 13.5 Å². The lowest BCUT2D eigenvalue weighted by atomic mass is 10.1. The van der Waals surface area contributed by atoms with E-state index >= 15 is 0 Å². The first-order chi connectivity index (χ1) is 8.88. The molecule has 106 valence electrons. The number of aryl methyl sites for hydroxylation is 1. The highest BCUT2D eigenvalue weighted by atomic mass is 19.1. The summed E-state index contributed by atoms with van der Waals surface area (Å²) < 4.78 is 13.2. The summed E-state index contributed by atoms with van der Waals surface area (Å²) in [4.78, 5) is 14.7. The SMILES string of the molecule is Cc1cc(CN(CCN(C)C)CC(=O)O)ccc1F. The third-order valence-electron chi connectivity index (χ3n) is 2.85. The van der Waals surface area contributed by atoms with Gasteiger partial charge in [-0.25, -0.2) is 4.39 Å². The molecule has 1 aromatic rings. The standard InChI is InChI=1S/C14H21FN2O2/c1-11-8-12(4-5-13(11)15)9-17(10-14(18)19)7-6-16(2)3/h4-5,8H,6-7,9-10H2,1-3H3,(H,18,19). The van der Waals surface area contributed by atoms with Crippen molar-refractivity contribution in [3.8, 4) is 0 Å². The van der Waals surface area contributed by atoms with E-state index in [1.54, 1.807) is 19.1 Å². The number of hydrogen-bond donors (Lipinski definition) is 1. The number of carboxylic acid groups (broad SMARTS) is 1. The Morgan fingerprint density at radius 3 is 2.53 bits per heavy atom. The zero-order valence-electron chi connectivity index (χ0n) is 11.7. The van der Waals surface area contributed by atoms with Gasteiger partial charge < -0.3 is 10.0 Å². The number of benzene rings is 1. The predicted molar refractivity (Wildman–Crippen MR) is 72.6 cm³/mol. The lowest BCUT2D eigenvalue weighted by molar-refractivity contribution is -0.138. The molecule has 0 spiro atoms. The van der Waals surface area contributed by atoms with E-state index in [0.717, 1.165) is 12.1 Å². The van der Waals surface area contributed by atoms with Gasteiger partial charge in [0.25, 0.3) is 0 Å². The molecule has 1 rings (SSSR count). The molecule has 19 heavy (non-hydrogen) atoms. The summed E-state index contributed by atoms with van der Waals surface area (Å²) in [7, 11) is 3.89. The van der Waals surface area contributed by atoms with E-state index in [4.69, 9.17) is 5.11 Å². The molecule has 4 nitrogen and oxygen atoms in total. The van der Waals surface area contributed by atoms with Gasteiger partial charge >= 0.3 is 5.97 Å². The zero-order chi connectivity index (χ0) is 14.4. The van der Waals surface area contributed by atoms with Crippen molar-refractivity contribution < 1.29 is 14.3 Å². The summed E-state index contributed by atoms with van der Waals surface area (Å²) in [6, 6.07) is 4.89. The van der Waals surface area contributed by atoms with Gasteiger partial charge in [-0.05, 0) is 38.2 Å². The van der Waals surface area contributed by atoms with Gasteiger partial charge in [0.1, 0.15) is 5.82 Å². The monoisotopic (exact) mass is 268 g/mol. The van der Waals surface area contributed by atoms with Gasteiger partial charge in [0.2, 0.25) is 0 Å². The first-order valence-corrected chi connectivity index (χ1v) is 6.22. The van der Waals surface area contributed by atoms with Crippen LogP contribution in [0.15, 0.2) is 18.2 Å². The van der Waals surface area contributed by atoms with Crippen LogP contribution >= 0.6 is 0 Å². The minimum atomic E-state index is -0.849. The van der Waals surface area contributed by atoms with E-state index in [1.165, 1.54) is 6.07 Å². The normalized spacial score (nSPS) is 11.3. The Balaban J connectivity index is 2.69. The molecule has 0 saturated heterocycles. The van der Waals surface area contributed by atoms with Crippen molar-refractivity contribution in [1.82, 2.24) is 9.80 Å². The molecule has 0 bridgehead atoms. The van der Waals surface area contributed by atoms with Gasteiger partial charge in [-0.3, -0.25) is 9.69 Å². The van der Waals surface area contributed by atoms with E-state index in [-0.39, 0.29) is 12.4 Å². The first-order valence-electron chi connectivity index (χ1n) is 6.22. The summed E-state index contributed by atoms with van der Waals surface area (Å²) >= 11 is 0. The molecular formula is C14H21FN2O2. The topological polar surface area (TPSA) is 43.8 Å². The maximum absolute atomic E-state index is 13.2. The summed E-state index contributed by atoms with van der Waals surface area (Å²) in [6.07, 6.45) is 0. The molecule has 0 saturated carbocycles. The Morgan fingerprint density at radius 1 is 1.32 bits per heavy atom. The Morgan fingerprint density at radius 2 is 2.00 bits per heavy atom. The second kappa shape index (κ2) is 7.21. The average Bonchev–Trinajstić information content (AvgIpc) is 2.30. The lowest BCUT2D eigenvalue weighted by Gasteiger charge is -2.22. The second-order valence-corrected chi connectivity index (χ2v) is 4.99. The van der Waals surface area contributed by atoms with E-state index < -0.39 is 5.97 Å². The van der Waals surface area contributed by atoms with Gasteiger partial charge in [0.05, 0.1) is 6.54 Å². The van der Waals surface area contributed by atoms with E-state index in [9.17, 15) is 9.18 Å². The van der Waals surface area contributed by atoms with Crippen molar-refractivity contribution in [3.05, 3.63) is 35.1 Å². The predicted octanol–water partition coefficient (Wildman–Crippen LogP) is 1.58. The molecule has 0 fully saturated rings. The van der Waals surface area contributed by atoms with Crippen molar-refractivity contribution >= 4 is 5.97 Å². The molecule has 0 aliphatic rings. The molecule has 1 aromatic carbocycles. The van der Waals surface area contributed by atoms with Crippen LogP contribution in [0.2, 0.25) is 0 Å². The van der Waals surface area contributed by atoms with Crippen LogP contribution in [0.25, 0.3) is 0 Å². The Labute approximate surface area is 113 Å². The van der Waals surface area contributed by atoms with Crippen molar-refractivity contribution in [2.24, 2.45) is 0 Å². The van der Waals surface area contributed by atoms with Crippen LogP contribution in [-0.4, -0.2) is 54.6 Å². The molecular weight excluding hydrogens is 247 g/mol. The third kappa shape index (κ3) is 5.81. The van der Waals surface area contributed by atoms with Crippen LogP contribution in [0.4, 0.5) is 4.39 Å². The number of aliphatic carboxylic acids is 1. The highest BCUT2D eigenvalue weighted by Gasteiger charge is 2.11. The molecule has 0 amide bonds. The van der Waals surface area contributed by atoms with Crippen LogP contribution in [-0.2, 0) is 11.3 Å². The van der Waals surface area contributed by atoms with E-state index in [1.807, 2.05) is 23.9 Å². The maximum Gasteiger partial charge on any atom is 0.317 e. The first kappa shape index (κ1) is 15.6. The minimum Gasteiger partial charge on any atom is -0.480 e. The molecule has 0 radical (unpaired) electrons. The maximum atomic E-state index is 13.2. The second-order valence-electron chi connectivity index (χ2n) is 4.99. The fraction of sp³-hybridized carbons (Fsp3) is 0.500. The molecule has 0 atom stereocenters. The van der Waals surface area contributed by atoms with Crippen molar-refractivity contribution in [1.29, 1.82) is 0 Å². The van der Waals surface area contributed by atoms with Crippen LogP contribution in [0.3, 0.4) is 0 Å². The number of carbonyl (C=O) groups is 1. The van der Waals surface area contributed by atoms with Gasteiger partial charge in [-0.2, -0.15) is 0 Å². The molecule has 1 N–H and O–H groups in total. The quantitative estimate of drug-likeness (QED) is 0.815. The molecule has 0 unspecified atom stereocenters. The number of rotatable bonds is 7. The average molecular weight is 268 g/mol. The van der Waals surface area contributed by atoms with Gasteiger partial charge in [-0.15, -0.1) is 0 Å².